The Kier molecular flexibility index (Phi) is 5.95. The molecule has 0 spiro atoms. The number of likely N-dealkylation sites (tertiary alicyclic amines) is 1. The van der Waals surface area contributed by atoms with Gasteiger partial charge in [0.25, 0.3) is 6.01 Å². The summed E-state index contributed by atoms with van der Waals surface area (Å²) >= 11 is 0. The maximum atomic E-state index is 12.4. The van der Waals surface area contributed by atoms with Crippen molar-refractivity contribution in [1.82, 2.24) is 25.2 Å². The van der Waals surface area contributed by atoms with Crippen molar-refractivity contribution in [1.29, 1.82) is 0 Å². The summed E-state index contributed by atoms with van der Waals surface area (Å²) < 4.78 is 6.20. The molecule has 2 aliphatic heterocycles. The minimum absolute atomic E-state index is 0.0317. The van der Waals surface area contributed by atoms with Crippen LogP contribution >= 0.6 is 0 Å². The van der Waals surface area contributed by atoms with Crippen LogP contribution in [0.1, 0.15) is 37.9 Å². The van der Waals surface area contributed by atoms with E-state index < -0.39 is 5.54 Å². The van der Waals surface area contributed by atoms with E-state index in [0.717, 1.165) is 36.6 Å². The molecule has 2 aliphatic rings. The van der Waals surface area contributed by atoms with Crippen molar-refractivity contribution in [3.8, 4) is 11.3 Å². The van der Waals surface area contributed by atoms with Gasteiger partial charge >= 0.3 is 0 Å². The van der Waals surface area contributed by atoms with Crippen molar-refractivity contribution in [2.45, 2.75) is 45.7 Å². The normalized spacial score (nSPS) is 18.2. The van der Waals surface area contributed by atoms with Gasteiger partial charge in [0, 0.05) is 42.8 Å². The number of hydrogen-bond acceptors (Lipinski definition) is 8. The van der Waals surface area contributed by atoms with Crippen LogP contribution in [0.4, 0.5) is 17.7 Å². The molecular formula is C25H31N7O2. The van der Waals surface area contributed by atoms with Gasteiger partial charge in [-0.15, -0.1) is 0 Å². The van der Waals surface area contributed by atoms with Crippen LogP contribution < -0.4 is 15.5 Å². The Hall–Kier alpha value is -3.46. The number of aryl methyl sites for hydroxylation is 1. The molecule has 9 heteroatoms. The lowest BCUT2D eigenvalue weighted by Crippen LogP contribution is -2.62. The van der Waals surface area contributed by atoms with E-state index in [1.165, 1.54) is 18.4 Å². The number of rotatable bonds is 6. The Balaban J connectivity index is 1.47. The molecule has 4 heterocycles. The van der Waals surface area contributed by atoms with Crippen molar-refractivity contribution < 1.29 is 9.21 Å². The van der Waals surface area contributed by atoms with Crippen molar-refractivity contribution in [2.75, 3.05) is 36.4 Å². The quantitative estimate of drug-likeness (QED) is 0.576. The summed E-state index contributed by atoms with van der Waals surface area (Å²) in [5.41, 5.74) is 3.18. The van der Waals surface area contributed by atoms with E-state index in [1.807, 2.05) is 37.8 Å². The zero-order valence-electron chi connectivity index (χ0n) is 20.0. The average Bonchev–Trinajstić information content (AvgIpc) is 3.48. The van der Waals surface area contributed by atoms with E-state index in [-0.39, 0.29) is 5.91 Å². The summed E-state index contributed by atoms with van der Waals surface area (Å²) in [6, 6.07) is 8.65. The average molecular weight is 462 g/mol. The second-order valence-corrected chi connectivity index (χ2v) is 9.52. The SMILES string of the molecule is Cc1ccnc(Nc2cc(CN3CCCC3)cc(-c3cnc(N4CCNC(=O)C4(C)C)o3)c2)n1. The molecule has 178 valence electrons. The van der Waals surface area contributed by atoms with E-state index in [1.54, 1.807) is 12.4 Å². The number of hydrogen-bond donors (Lipinski definition) is 2. The Morgan fingerprint density at radius 1 is 1.15 bits per heavy atom. The summed E-state index contributed by atoms with van der Waals surface area (Å²) in [7, 11) is 0. The van der Waals surface area contributed by atoms with Gasteiger partial charge in [0.15, 0.2) is 5.76 Å². The molecule has 0 atom stereocenters. The van der Waals surface area contributed by atoms with Gasteiger partial charge in [-0.3, -0.25) is 9.69 Å². The topological polar surface area (TPSA) is 99.4 Å². The number of carbonyl (C=O) groups excluding carboxylic acids is 1. The lowest BCUT2D eigenvalue weighted by Gasteiger charge is -2.40. The first-order valence-electron chi connectivity index (χ1n) is 11.8. The van der Waals surface area contributed by atoms with E-state index in [9.17, 15) is 4.79 Å². The van der Waals surface area contributed by atoms with E-state index in [0.29, 0.717) is 30.8 Å². The molecule has 3 aromatic rings. The van der Waals surface area contributed by atoms with Crippen LogP contribution in [0, 0.1) is 6.92 Å². The molecule has 2 saturated heterocycles. The molecule has 1 amide bonds. The third kappa shape index (κ3) is 4.61. The Morgan fingerprint density at radius 3 is 2.76 bits per heavy atom. The highest BCUT2D eigenvalue weighted by Gasteiger charge is 2.40. The van der Waals surface area contributed by atoms with Gasteiger partial charge in [-0.1, -0.05) is 0 Å². The molecule has 9 nitrogen and oxygen atoms in total. The van der Waals surface area contributed by atoms with Gasteiger partial charge in [0.1, 0.15) is 5.54 Å². The van der Waals surface area contributed by atoms with Crippen LogP contribution in [0.5, 0.6) is 0 Å². The number of nitrogens with zero attached hydrogens (tertiary/aromatic N) is 5. The molecular weight excluding hydrogens is 430 g/mol. The minimum atomic E-state index is -0.729. The van der Waals surface area contributed by atoms with E-state index in [4.69, 9.17) is 4.42 Å². The first-order valence-corrected chi connectivity index (χ1v) is 11.8. The largest absolute Gasteiger partial charge is 0.423 e. The van der Waals surface area contributed by atoms with Crippen LogP contribution in [0.2, 0.25) is 0 Å². The molecule has 0 radical (unpaired) electrons. The summed E-state index contributed by atoms with van der Waals surface area (Å²) in [5, 5.41) is 6.26. The second-order valence-electron chi connectivity index (χ2n) is 9.52. The highest BCUT2D eigenvalue weighted by Crippen LogP contribution is 2.32. The molecule has 1 aromatic carbocycles. The number of piperazine rings is 1. The van der Waals surface area contributed by atoms with Gasteiger partial charge in [-0.2, -0.15) is 0 Å². The number of oxazole rings is 1. The smallest absolute Gasteiger partial charge is 0.298 e. The highest BCUT2D eigenvalue weighted by molar-refractivity contribution is 5.89. The monoisotopic (exact) mass is 461 g/mol. The van der Waals surface area contributed by atoms with Gasteiger partial charge in [0.2, 0.25) is 11.9 Å². The maximum absolute atomic E-state index is 12.4. The summed E-state index contributed by atoms with van der Waals surface area (Å²) in [6.07, 6.45) is 5.97. The summed E-state index contributed by atoms with van der Waals surface area (Å²) in [6.45, 7) is 10.0. The number of amides is 1. The molecule has 2 N–H and O–H groups in total. The number of carbonyl (C=O) groups is 1. The van der Waals surface area contributed by atoms with E-state index in [2.05, 4.69) is 42.6 Å². The third-order valence-corrected chi connectivity index (χ3v) is 6.51. The van der Waals surface area contributed by atoms with Crippen LogP contribution in [0.3, 0.4) is 0 Å². The lowest BCUT2D eigenvalue weighted by atomic mass is 10.00. The minimum Gasteiger partial charge on any atom is -0.423 e. The van der Waals surface area contributed by atoms with Crippen molar-refractivity contribution in [2.24, 2.45) is 0 Å². The van der Waals surface area contributed by atoms with Crippen molar-refractivity contribution in [3.05, 3.63) is 47.9 Å². The first-order chi connectivity index (χ1) is 16.4. The van der Waals surface area contributed by atoms with Crippen molar-refractivity contribution >= 4 is 23.6 Å². The number of nitrogens with one attached hydrogen (secondary N) is 2. The molecule has 0 bridgehead atoms. The summed E-state index contributed by atoms with van der Waals surface area (Å²) in [4.78, 5) is 30.1. The fraction of sp³-hybridized carbons (Fsp3) is 0.440. The van der Waals surface area contributed by atoms with Crippen LogP contribution in [0.25, 0.3) is 11.3 Å². The van der Waals surface area contributed by atoms with Crippen LogP contribution in [-0.2, 0) is 11.3 Å². The number of anilines is 3. The Labute approximate surface area is 199 Å². The molecule has 0 unspecified atom stereocenters. The third-order valence-electron chi connectivity index (χ3n) is 6.51. The van der Waals surface area contributed by atoms with Crippen LogP contribution in [-0.4, -0.2) is 57.5 Å². The molecule has 34 heavy (non-hydrogen) atoms. The zero-order valence-corrected chi connectivity index (χ0v) is 20.0. The molecule has 0 saturated carbocycles. The van der Waals surface area contributed by atoms with Gasteiger partial charge in [-0.05, 0) is 76.5 Å². The summed E-state index contributed by atoms with van der Waals surface area (Å²) in [5.74, 6) is 1.19. The molecule has 2 aromatic heterocycles. The van der Waals surface area contributed by atoms with Gasteiger partial charge in [0.05, 0.1) is 6.20 Å². The standard InChI is InChI=1S/C25H31N7O2/c1-17-6-7-27-23(29-17)30-20-13-18(16-31-9-4-5-10-31)12-19(14-20)21-15-28-24(34-21)32-11-8-26-22(33)25(32,2)3/h6-7,12-15H,4-5,8-11,16H2,1-3H3,(H,26,33)(H,27,29,30). The second kappa shape index (κ2) is 9.06. The highest BCUT2D eigenvalue weighted by atomic mass is 16.4. The van der Waals surface area contributed by atoms with Gasteiger partial charge < -0.3 is 20.0 Å². The van der Waals surface area contributed by atoms with E-state index >= 15 is 0 Å². The Morgan fingerprint density at radius 2 is 1.97 bits per heavy atom. The van der Waals surface area contributed by atoms with Crippen LogP contribution in [0.15, 0.2) is 41.1 Å². The number of aromatic nitrogens is 3. The van der Waals surface area contributed by atoms with Crippen molar-refractivity contribution in [3.63, 3.8) is 0 Å². The fourth-order valence-corrected chi connectivity index (χ4v) is 4.59. The fourth-order valence-electron chi connectivity index (χ4n) is 4.59. The van der Waals surface area contributed by atoms with Gasteiger partial charge in [-0.25, -0.2) is 15.0 Å². The Bertz CT molecular complexity index is 1180. The molecule has 2 fully saturated rings. The predicted molar refractivity (Wildman–Crippen MR) is 131 cm³/mol. The maximum Gasteiger partial charge on any atom is 0.298 e. The molecule has 5 rings (SSSR count). The lowest BCUT2D eigenvalue weighted by molar-refractivity contribution is -0.126. The zero-order chi connectivity index (χ0) is 23.7. The molecule has 0 aliphatic carbocycles. The number of benzene rings is 1. The predicted octanol–water partition coefficient (Wildman–Crippen LogP) is 3.49. The first kappa shape index (κ1) is 22.3.